The van der Waals surface area contributed by atoms with Crippen LogP contribution in [-0.2, 0) is 4.79 Å². The molecule has 0 fully saturated rings. The Labute approximate surface area is 85.5 Å². The van der Waals surface area contributed by atoms with E-state index < -0.39 is 12.0 Å². The smallest absolute Gasteiger partial charge is 0.322 e. The van der Waals surface area contributed by atoms with Crippen molar-refractivity contribution in [1.29, 1.82) is 0 Å². The zero-order chi connectivity index (χ0) is 9.72. The molecule has 5 heteroatoms. The van der Waals surface area contributed by atoms with E-state index in [4.69, 9.17) is 10.8 Å². The largest absolute Gasteiger partial charge is 0.480 e. The SMILES string of the molecule is CCN(CC)C(C(=O)O)C(C)N.Cl. The van der Waals surface area contributed by atoms with Crippen molar-refractivity contribution < 1.29 is 9.90 Å². The lowest BCUT2D eigenvalue weighted by Gasteiger charge is -2.28. The Morgan fingerprint density at radius 1 is 1.46 bits per heavy atom. The van der Waals surface area contributed by atoms with E-state index in [0.29, 0.717) is 0 Å². The molecule has 13 heavy (non-hydrogen) atoms. The van der Waals surface area contributed by atoms with E-state index in [1.165, 1.54) is 0 Å². The van der Waals surface area contributed by atoms with Gasteiger partial charge in [0.1, 0.15) is 6.04 Å². The quantitative estimate of drug-likeness (QED) is 0.696. The molecule has 2 unspecified atom stereocenters. The first-order valence-electron chi connectivity index (χ1n) is 4.27. The maximum Gasteiger partial charge on any atom is 0.322 e. The van der Waals surface area contributed by atoms with Crippen molar-refractivity contribution in [2.45, 2.75) is 32.9 Å². The van der Waals surface area contributed by atoms with Crippen molar-refractivity contribution in [2.75, 3.05) is 13.1 Å². The summed E-state index contributed by atoms with van der Waals surface area (Å²) in [7, 11) is 0. The van der Waals surface area contributed by atoms with Crippen molar-refractivity contribution >= 4 is 18.4 Å². The van der Waals surface area contributed by atoms with Crippen molar-refractivity contribution in [3.63, 3.8) is 0 Å². The average molecular weight is 211 g/mol. The number of nitrogens with two attached hydrogens (primary N) is 1. The monoisotopic (exact) mass is 210 g/mol. The summed E-state index contributed by atoms with van der Waals surface area (Å²) in [5.74, 6) is -0.839. The highest BCUT2D eigenvalue weighted by Gasteiger charge is 2.26. The lowest BCUT2D eigenvalue weighted by molar-refractivity contribution is -0.143. The number of halogens is 1. The molecule has 4 nitrogen and oxygen atoms in total. The summed E-state index contributed by atoms with van der Waals surface area (Å²) >= 11 is 0. The summed E-state index contributed by atoms with van der Waals surface area (Å²) in [6.45, 7) is 7.02. The zero-order valence-electron chi connectivity index (χ0n) is 8.36. The minimum Gasteiger partial charge on any atom is -0.480 e. The van der Waals surface area contributed by atoms with Gasteiger partial charge in [0, 0.05) is 6.04 Å². The molecule has 0 heterocycles. The number of carboxylic acid groups (broad SMARTS) is 1. The lowest BCUT2D eigenvalue weighted by Crippen LogP contribution is -2.51. The van der Waals surface area contributed by atoms with Crippen LogP contribution in [0.3, 0.4) is 0 Å². The number of carbonyl (C=O) groups is 1. The summed E-state index contributed by atoms with van der Waals surface area (Å²) < 4.78 is 0. The maximum atomic E-state index is 10.8. The third kappa shape index (κ3) is 4.45. The molecule has 0 spiro atoms. The molecule has 2 atom stereocenters. The summed E-state index contributed by atoms with van der Waals surface area (Å²) in [4.78, 5) is 12.6. The van der Waals surface area contributed by atoms with Gasteiger partial charge in [0.25, 0.3) is 0 Å². The van der Waals surface area contributed by atoms with E-state index >= 15 is 0 Å². The fourth-order valence-electron chi connectivity index (χ4n) is 1.33. The molecule has 0 amide bonds. The predicted octanol–water partition coefficient (Wildman–Crippen LogP) is 0.550. The van der Waals surface area contributed by atoms with Gasteiger partial charge >= 0.3 is 5.97 Å². The van der Waals surface area contributed by atoms with Crippen LogP contribution in [-0.4, -0.2) is 41.1 Å². The van der Waals surface area contributed by atoms with E-state index in [2.05, 4.69) is 0 Å². The molecule has 80 valence electrons. The second kappa shape index (κ2) is 7.12. The van der Waals surface area contributed by atoms with Crippen LogP contribution < -0.4 is 5.73 Å². The molecular formula is C8H19ClN2O2. The molecule has 0 aromatic heterocycles. The van der Waals surface area contributed by atoms with Crippen LogP contribution in [0, 0.1) is 0 Å². The van der Waals surface area contributed by atoms with Crippen LogP contribution in [0.4, 0.5) is 0 Å². The number of likely N-dealkylation sites (N-methyl/N-ethyl adjacent to an activating group) is 1. The van der Waals surface area contributed by atoms with Gasteiger partial charge in [-0.05, 0) is 20.0 Å². The fraction of sp³-hybridized carbons (Fsp3) is 0.875. The van der Waals surface area contributed by atoms with Crippen molar-refractivity contribution in [3.8, 4) is 0 Å². The predicted molar refractivity (Wildman–Crippen MR) is 55.2 cm³/mol. The van der Waals surface area contributed by atoms with Crippen molar-refractivity contribution in [3.05, 3.63) is 0 Å². The molecule has 0 radical (unpaired) electrons. The number of rotatable bonds is 5. The molecular weight excluding hydrogens is 192 g/mol. The Balaban J connectivity index is 0. The molecule has 0 aliphatic heterocycles. The lowest BCUT2D eigenvalue weighted by atomic mass is 10.1. The van der Waals surface area contributed by atoms with Gasteiger partial charge in [-0.2, -0.15) is 0 Å². The van der Waals surface area contributed by atoms with Gasteiger partial charge in [-0.3, -0.25) is 9.69 Å². The minimum atomic E-state index is -0.839. The van der Waals surface area contributed by atoms with Gasteiger partial charge in [0.15, 0.2) is 0 Å². The number of carboxylic acids is 1. The van der Waals surface area contributed by atoms with E-state index in [0.717, 1.165) is 13.1 Å². The first kappa shape index (κ1) is 15.2. The summed E-state index contributed by atoms with van der Waals surface area (Å²) in [5.41, 5.74) is 5.57. The van der Waals surface area contributed by atoms with Crippen LogP contribution in [0.1, 0.15) is 20.8 Å². The van der Waals surface area contributed by atoms with Crippen LogP contribution in [0.2, 0.25) is 0 Å². The van der Waals surface area contributed by atoms with E-state index in [-0.39, 0.29) is 18.4 Å². The van der Waals surface area contributed by atoms with Crippen molar-refractivity contribution in [2.24, 2.45) is 5.73 Å². The summed E-state index contributed by atoms with van der Waals surface area (Å²) in [6, 6.07) is -0.887. The Kier molecular flexibility index (Phi) is 8.30. The molecule has 0 saturated carbocycles. The van der Waals surface area contributed by atoms with Gasteiger partial charge < -0.3 is 10.8 Å². The summed E-state index contributed by atoms with van der Waals surface area (Å²) in [5, 5.41) is 8.85. The first-order valence-corrected chi connectivity index (χ1v) is 4.27. The van der Waals surface area contributed by atoms with Gasteiger partial charge in [-0.25, -0.2) is 0 Å². The van der Waals surface area contributed by atoms with Crippen LogP contribution in [0.15, 0.2) is 0 Å². The highest BCUT2D eigenvalue weighted by atomic mass is 35.5. The van der Waals surface area contributed by atoms with E-state index in [1.807, 2.05) is 18.7 Å². The Hall–Kier alpha value is -0.320. The second-order valence-corrected chi connectivity index (χ2v) is 2.86. The van der Waals surface area contributed by atoms with Gasteiger partial charge in [0.2, 0.25) is 0 Å². The molecule has 0 bridgehead atoms. The third-order valence-corrected chi connectivity index (χ3v) is 1.96. The molecule has 0 aromatic carbocycles. The van der Waals surface area contributed by atoms with Gasteiger partial charge in [-0.15, -0.1) is 12.4 Å². The zero-order valence-corrected chi connectivity index (χ0v) is 9.17. The van der Waals surface area contributed by atoms with Crippen LogP contribution >= 0.6 is 12.4 Å². The first-order chi connectivity index (χ1) is 5.54. The Morgan fingerprint density at radius 3 is 1.92 bits per heavy atom. The van der Waals surface area contributed by atoms with Crippen LogP contribution in [0.25, 0.3) is 0 Å². The maximum absolute atomic E-state index is 10.8. The van der Waals surface area contributed by atoms with Crippen LogP contribution in [0.5, 0.6) is 0 Å². The Morgan fingerprint density at radius 2 is 1.85 bits per heavy atom. The summed E-state index contributed by atoms with van der Waals surface area (Å²) in [6.07, 6.45) is 0. The number of hydrogen-bond acceptors (Lipinski definition) is 3. The van der Waals surface area contributed by atoms with E-state index in [1.54, 1.807) is 6.92 Å². The third-order valence-electron chi connectivity index (χ3n) is 1.96. The highest BCUT2D eigenvalue weighted by molar-refractivity contribution is 5.85. The number of nitrogens with zero attached hydrogens (tertiary/aromatic N) is 1. The second-order valence-electron chi connectivity index (χ2n) is 2.86. The van der Waals surface area contributed by atoms with Gasteiger partial charge in [0.05, 0.1) is 0 Å². The highest BCUT2D eigenvalue weighted by Crippen LogP contribution is 2.02. The number of aliphatic carboxylic acids is 1. The number of hydrogen-bond donors (Lipinski definition) is 2. The van der Waals surface area contributed by atoms with Gasteiger partial charge in [-0.1, -0.05) is 13.8 Å². The molecule has 0 aromatic rings. The molecule has 0 aliphatic carbocycles. The van der Waals surface area contributed by atoms with Crippen molar-refractivity contribution in [1.82, 2.24) is 4.90 Å². The topological polar surface area (TPSA) is 66.6 Å². The molecule has 0 rings (SSSR count). The normalized spacial score (nSPS) is 14.8. The molecule has 0 aliphatic rings. The average Bonchev–Trinajstić information content (AvgIpc) is 1.98. The standard InChI is InChI=1S/C8H18N2O2.ClH/c1-4-10(5-2)7(6(3)9)8(11)12;/h6-7H,4-5,9H2,1-3H3,(H,11,12);1H. The fourth-order valence-corrected chi connectivity index (χ4v) is 1.33. The Bertz CT molecular complexity index is 149. The molecule has 0 saturated heterocycles. The molecule has 3 N–H and O–H groups in total. The van der Waals surface area contributed by atoms with E-state index in [9.17, 15) is 4.79 Å². The minimum absolute atomic E-state index is 0.